The van der Waals surface area contributed by atoms with Crippen LogP contribution < -0.4 is 5.32 Å². The molecule has 1 aromatic rings. The first-order valence-electron chi connectivity index (χ1n) is 6.64. The summed E-state index contributed by atoms with van der Waals surface area (Å²) in [6.07, 6.45) is 3.72. The highest BCUT2D eigenvalue weighted by molar-refractivity contribution is 7.91. The summed E-state index contributed by atoms with van der Waals surface area (Å²) in [5.41, 5.74) is 0. The highest BCUT2D eigenvalue weighted by Gasteiger charge is 2.35. The van der Waals surface area contributed by atoms with Gasteiger partial charge in [-0.1, -0.05) is 24.2 Å². The molecular formula is C11H17ClN4O3S2. The van der Waals surface area contributed by atoms with Crippen molar-refractivity contribution < 1.29 is 13.2 Å². The van der Waals surface area contributed by atoms with E-state index in [-0.39, 0.29) is 33.8 Å². The van der Waals surface area contributed by atoms with Gasteiger partial charge in [0.2, 0.25) is 15.4 Å². The Kier molecular flexibility index (Phi) is 5.53. The quantitative estimate of drug-likeness (QED) is 0.621. The van der Waals surface area contributed by atoms with Gasteiger partial charge < -0.3 is 5.32 Å². The first kappa shape index (κ1) is 16.6. The summed E-state index contributed by atoms with van der Waals surface area (Å²) in [4.78, 5) is 11.0. The minimum absolute atomic E-state index is 0.0260. The summed E-state index contributed by atoms with van der Waals surface area (Å²) in [5.74, 6) is -0.0869. The third kappa shape index (κ3) is 3.91. The Morgan fingerprint density at radius 2 is 2.10 bits per heavy atom. The monoisotopic (exact) mass is 352 g/mol. The topological polar surface area (TPSA) is 92.3 Å². The van der Waals surface area contributed by atoms with E-state index in [4.69, 9.17) is 11.6 Å². The van der Waals surface area contributed by atoms with Gasteiger partial charge in [0, 0.05) is 25.4 Å². The first-order chi connectivity index (χ1) is 9.95. The van der Waals surface area contributed by atoms with Crippen molar-refractivity contribution in [3.05, 3.63) is 0 Å². The Morgan fingerprint density at radius 1 is 1.43 bits per heavy atom. The van der Waals surface area contributed by atoms with Crippen LogP contribution in [0.5, 0.6) is 0 Å². The van der Waals surface area contributed by atoms with Gasteiger partial charge in [0.15, 0.2) is 0 Å². The van der Waals surface area contributed by atoms with E-state index in [2.05, 4.69) is 15.5 Å². The molecule has 0 unspecified atom stereocenters. The van der Waals surface area contributed by atoms with Crippen LogP contribution in [0.15, 0.2) is 4.34 Å². The lowest BCUT2D eigenvalue weighted by Crippen LogP contribution is -2.40. The fourth-order valence-corrected chi connectivity index (χ4v) is 5.42. The number of nitrogens with zero attached hydrogens (tertiary/aromatic N) is 3. The van der Waals surface area contributed by atoms with Crippen LogP contribution in [0.25, 0.3) is 0 Å². The van der Waals surface area contributed by atoms with Crippen molar-refractivity contribution >= 4 is 44.0 Å². The maximum atomic E-state index is 12.7. The van der Waals surface area contributed by atoms with Gasteiger partial charge in [-0.15, -0.1) is 21.8 Å². The second-order valence-electron chi connectivity index (χ2n) is 4.80. The minimum Gasteiger partial charge on any atom is -0.301 e. The van der Waals surface area contributed by atoms with E-state index in [1.165, 1.54) is 11.2 Å². The van der Waals surface area contributed by atoms with Crippen molar-refractivity contribution in [1.29, 1.82) is 0 Å². The summed E-state index contributed by atoms with van der Waals surface area (Å²) in [6.45, 7) is 1.58. The average Bonchev–Trinajstić information content (AvgIpc) is 3.05. The van der Waals surface area contributed by atoms with Crippen LogP contribution >= 0.6 is 22.9 Å². The number of hydrogen-bond acceptors (Lipinski definition) is 6. The number of carbonyl (C=O) groups is 1. The number of alkyl halides is 1. The number of nitrogens with one attached hydrogen (secondary N) is 1. The van der Waals surface area contributed by atoms with Gasteiger partial charge in [-0.25, -0.2) is 8.42 Å². The molecule has 2 rings (SSSR count). The van der Waals surface area contributed by atoms with Gasteiger partial charge in [-0.3, -0.25) is 4.79 Å². The van der Waals surface area contributed by atoms with E-state index >= 15 is 0 Å². The number of anilines is 1. The molecule has 0 atom stereocenters. The van der Waals surface area contributed by atoms with Gasteiger partial charge in [-0.2, -0.15) is 4.31 Å². The maximum absolute atomic E-state index is 12.7. The van der Waals surface area contributed by atoms with Crippen LogP contribution in [0, 0.1) is 0 Å². The largest absolute Gasteiger partial charge is 0.301 e. The molecule has 21 heavy (non-hydrogen) atoms. The molecule has 1 aliphatic rings. The molecule has 0 aliphatic heterocycles. The summed E-state index contributed by atoms with van der Waals surface area (Å²) in [7, 11) is -3.72. The molecule has 7 nitrogen and oxygen atoms in total. The second-order valence-corrected chi connectivity index (χ2v) is 8.22. The zero-order chi connectivity index (χ0) is 15.5. The first-order valence-corrected chi connectivity index (χ1v) is 9.43. The zero-order valence-electron chi connectivity index (χ0n) is 11.6. The lowest BCUT2D eigenvalue weighted by Gasteiger charge is -2.25. The van der Waals surface area contributed by atoms with Crippen LogP contribution in [0.1, 0.15) is 32.6 Å². The Hall–Kier alpha value is -0.770. The molecule has 0 spiro atoms. The number of sulfonamides is 1. The van der Waals surface area contributed by atoms with Crippen LogP contribution in [0.4, 0.5) is 5.13 Å². The standard InChI is InChI=1S/C11H17ClN4O3S2/c1-8(17)13-10-14-15-11(20-10)21(18,19)16(7-6-12)9-4-2-3-5-9/h9H,2-7H2,1H3,(H,13,14,17). The lowest BCUT2D eigenvalue weighted by atomic mass is 10.2. The Balaban J connectivity index is 2.24. The van der Waals surface area contributed by atoms with Crippen LogP contribution in [0.2, 0.25) is 0 Å². The molecule has 1 fully saturated rings. The molecule has 118 valence electrons. The lowest BCUT2D eigenvalue weighted by molar-refractivity contribution is -0.114. The maximum Gasteiger partial charge on any atom is 0.272 e. The van der Waals surface area contributed by atoms with Gasteiger partial charge in [-0.05, 0) is 12.8 Å². The van der Waals surface area contributed by atoms with E-state index in [1.807, 2.05) is 0 Å². The number of hydrogen-bond donors (Lipinski definition) is 1. The van der Waals surface area contributed by atoms with E-state index < -0.39 is 10.0 Å². The average molecular weight is 353 g/mol. The molecular weight excluding hydrogens is 336 g/mol. The molecule has 1 saturated carbocycles. The van der Waals surface area contributed by atoms with Crippen LogP contribution in [-0.4, -0.2) is 47.3 Å². The molecule has 0 aromatic carbocycles. The molecule has 1 aliphatic carbocycles. The predicted molar refractivity (Wildman–Crippen MR) is 81.1 cm³/mol. The number of rotatable bonds is 6. The Morgan fingerprint density at radius 3 is 2.67 bits per heavy atom. The molecule has 1 amide bonds. The summed E-state index contributed by atoms with van der Waals surface area (Å²) in [5, 5.41) is 10.00. The number of amides is 1. The van der Waals surface area contributed by atoms with Crippen molar-refractivity contribution in [2.24, 2.45) is 0 Å². The molecule has 1 N–H and O–H groups in total. The third-order valence-corrected chi connectivity index (χ3v) is 6.56. The summed E-state index contributed by atoms with van der Waals surface area (Å²) in [6, 6.07) is -0.0260. The molecule has 1 aromatic heterocycles. The van der Waals surface area contributed by atoms with E-state index in [9.17, 15) is 13.2 Å². The number of aromatic nitrogens is 2. The fourth-order valence-electron chi connectivity index (χ4n) is 2.39. The van der Waals surface area contributed by atoms with Crippen molar-refractivity contribution in [2.45, 2.75) is 43.0 Å². The number of halogens is 1. The second kappa shape index (κ2) is 6.99. The smallest absolute Gasteiger partial charge is 0.272 e. The summed E-state index contributed by atoms with van der Waals surface area (Å²) >= 11 is 6.60. The molecule has 0 saturated heterocycles. The Labute approximate surface area is 132 Å². The van der Waals surface area contributed by atoms with E-state index in [1.54, 1.807) is 0 Å². The van der Waals surface area contributed by atoms with Crippen molar-refractivity contribution in [2.75, 3.05) is 17.7 Å². The van der Waals surface area contributed by atoms with Crippen molar-refractivity contribution in [3.8, 4) is 0 Å². The summed E-state index contributed by atoms with van der Waals surface area (Å²) < 4.78 is 26.7. The van der Waals surface area contributed by atoms with E-state index in [0.29, 0.717) is 0 Å². The molecule has 10 heteroatoms. The normalized spacial score (nSPS) is 16.5. The molecule has 0 radical (unpaired) electrons. The van der Waals surface area contributed by atoms with Gasteiger partial charge in [0.25, 0.3) is 10.0 Å². The van der Waals surface area contributed by atoms with Crippen LogP contribution in [0.3, 0.4) is 0 Å². The van der Waals surface area contributed by atoms with Gasteiger partial charge in [0.1, 0.15) is 0 Å². The fraction of sp³-hybridized carbons (Fsp3) is 0.727. The Bertz CT molecular complexity index is 598. The minimum atomic E-state index is -3.72. The predicted octanol–water partition coefficient (Wildman–Crippen LogP) is 1.67. The molecule has 1 heterocycles. The SMILES string of the molecule is CC(=O)Nc1nnc(S(=O)(=O)N(CCCl)C2CCCC2)s1. The van der Waals surface area contributed by atoms with Crippen LogP contribution in [-0.2, 0) is 14.8 Å². The highest BCUT2D eigenvalue weighted by atomic mass is 35.5. The van der Waals surface area contributed by atoms with Crippen molar-refractivity contribution in [3.63, 3.8) is 0 Å². The van der Waals surface area contributed by atoms with Crippen molar-refractivity contribution in [1.82, 2.24) is 14.5 Å². The van der Waals surface area contributed by atoms with Gasteiger partial charge >= 0.3 is 0 Å². The number of carbonyl (C=O) groups excluding carboxylic acids is 1. The zero-order valence-corrected chi connectivity index (χ0v) is 14.0. The molecule has 0 bridgehead atoms. The third-order valence-electron chi connectivity index (χ3n) is 3.26. The van der Waals surface area contributed by atoms with E-state index in [0.717, 1.165) is 37.0 Å². The highest BCUT2D eigenvalue weighted by Crippen LogP contribution is 2.30. The van der Waals surface area contributed by atoms with Gasteiger partial charge in [0.05, 0.1) is 0 Å².